The van der Waals surface area contributed by atoms with Gasteiger partial charge in [0.25, 0.3) is 5.91 Å². The lowest BCUT2D eigenvalue weighted by Crippen LogP contribution is -2.33. The maximum Gasteiger partial charge on any atom is 0.253 e. The van der Waals surface area contributed by atoms with Crippen LogP contribution in [0.3, 0.4) is 0 Å². The second kappa shape index (κ2) is 8.45. The van der Waals surface area contributed by atoms with E-state index in [1.165, 1.54) is 6.20 Å². The predicted molar refractivity (Wildman–Crippen MR) is 92.9 cm³/mol. The molecular weight excluding hydrogens is 304 g/mol. The molecule has 5 heteroatoms. The quantitative estimate of drug-likeness (QED) is 0.819. The highest BCUT2D eigenvalue weighted by atomic mass is 16.5. The molecule has 128 valence electrons. The molecule has 2 N–H and O–H groups in total. The van der Waals surface area contributed by atoms with Gasteiger partial charge in [-0.2, -0.15) is 0 Å². The number of hydrogen-bond donors (Lipinski definition) is 2. The van der Waals surface area contributed by atoms with Gasteiger partial charge in [-0.15, -0.1) is 0 Å². The molecule has 0 fully saturated rings. The van der Waals surface area contributed by atoms with Crippen LogP contribution in [-0.4, -0.2) is 28.1 Å². The van der Waals surface area contributed by atoms with E-state index in [0.29, 0.717) is 17.9 Å². The van der Waals surface area contributed by atoms with Crippen LogP contribution in [0.4, 0.5) is 0 Å². The number of nitrogens with one attached hydrogen (secondary N) is 1. The topological polar surface area (TPSA) is 71.5 Å². The lowest BCUT2D eigenvalue weighted by molar-refractivity contribution is 0.0916. The van der Waals surface area contributed by atoms with E-state index in [4.69, 9.17) is 4.74 Å². The molecule has 0 aliphatic rings. The molecule has 1 amide bonds. The van der Waals surface area contributed by atoms with E-state index in [2.05, 4.69) is 10.3 Å². The Morgan fingerprint density at radius 2 is 1.88 bits per heavy atom. The monoisotopic (exact) mass is 328 g/mol. The third kappa shape index (κ3) is 5.35. The number of aliphatic hydroxyl groups is 1. The van der Waals surface area contributed by atoms with Gasteiger partial charge in [-0.3, -0.25) is 4.79 Å². The molecule has 2 unspecified atom stereocenters. The molecular formula is C19H24N2O3. The molecule has 1 heterocycles. The average Bonchev–Trinajstić information content (AvgIpc) is 2.55. The molecule has 0 aliphatic carbocycles. The van der Waals surface area contributed by atoms with E-state index in [9.17, 15) is 9.90 Å². The minimum absolute atomic E-state index is 0.0386. The number of hydrogen-bond acceptors (Lipinski definition) is 4. The lowest BCUT2D eigenvalue weighted by atomic mass is 10.0. The first-order valence-corrected chi connectivity index (χ1v) is 8.12. The molecule has 2 aromatic rings. The summed E-state index contributed by atoms with van der Waals surface area (Å²) in [6.07, 6.45) is 1.36. The van der Waals surface area contributed by atoms with Gasteiger partial charge in [0.1, 0.15) is 0 Å². The van der Waals surface area contributed by atoms with Gasteiger partial charge in [0.15, 0.2) is 0 Å². The van der Waals surface area contributed by atoms with Crippen LogP contribution in [0.25, 0.3) is 0 Å². The summed E-state index contributed by atoms with van der Waals surface area (Å²) >= 11 is 0. The standard InChI is InChI=1S/C19H24N2O3/c1-13(2)24-18-10-9-16(12-20-18)19(23)21-14(3)11-17(22)15-7-5-4-6-8-15/h4-10,12-14,17,22H,11H2,1-3H3,(H,21,23). The fourth-order valence-corrected chi connectivity index (χ4v) is 2.34. The minimum atomic E-state index is -0.610. The summed E-state index contributed by atoms with van der Waals surface area (Å²) < 4.78 is 5.46. The number of amides is 1. The van der Waals surface area contributed by atoms with Gasteiger partial charge in [-0.05, 0) is 38.8 Å². The van der Waals surface area contributed by atoms with Crippen LogP contribution in [-0.2, 0) is 0 Å². The SMILES string of the molecule is CC(CC(O)c1ccccc1)NC(=O)c1ccc(OC(C)C)nc1. The van der Waals surface area contributed by atoms with E-state index < -0.39 is 6.10 Å². The van der Waals surface area contributed by atoms with E-state index >= 15 is 0 Å². The third-order valence-corrected chi connectivity index (χ3v) is 3.49. The normalized spacial score (nSPS) is 13.4. The van der Waals surface area contributed by atoms with Gasteiger partial charge >= 0.3 is 0 Å². The van der Waals surface area contributed by atoms with E-state index in [0.717, 1.165) is 5.56 Å². The molecule has 1 aromatic heterocycles. The summed E-state index contributed by atoms with van der Waals surface area (Å²) in [6.45, 7) is 5.71. The van der Waals surface area contributed by atoms with Crippen LogP contribution in [0.15, 0.2) is 48.7 Å². The molecule has 0 saturated heterocycles. The number of aromatic nitrogens is 1. The number of carbonyl (C=O) groups is 1. The van der Waals surface area contributed by atoms with E-state index in [1.807, 2.05) is 51.1 Å². The maximum absolute atomic E-state index is 12.2. The summed E-state index contributed by atoms with van der Waals surface area (Å²) in [7, 11) is 0. The Hall–Kier alpha value is -2.40. The fourth-order valence-electron chi connectivity index (χ4n) is 2.34. The second-order valence-corrected chi connectivity index (χ2v) is 6.09. The van der Waals surface area contributed by atoms with Crippen molar-refractivity contribution in [2.24, 2.45) is 0 Å². The van der Waals surface area contributed by atoms with Crippen LogP contribution < -0.4 is 10.1 Å². The highest BCUT2D eigenvalue weighted by Gasteiger charge is 2.15. The Morgan fingerprint density at radius 3 is 2.46 bits per heavy atom. The van der Waals surface area contributed by atoms with Gasteiger partial charge in [-0.25, -0.2) is 4.98 Å². The molecule has 0 bridgehead atoms. The van der Waals surface area contributed by atoms with Crippen LogP contribution in [0.5, 0.6) is 5.88 Å². The first-order chi connectivity index (χ1) is 11.5. The Bertz CT molecular complexity index is 641. The van der Waals surface area contributed by atoms with Gasteiger partial charge in [0.2, 0.25) is 5.88 Å². The van der Waals surface area contributed by atoms with Crippen LogP contribution >= 0.6 is 0 Å². The minimum Gasteiger partial charge on any atom is -0.475 e. The summed E-state index contributed by atoms with van der Waals surface area (Å²) in [4.78, 5) is 16.4. The van der Waals surface area contributed by atoms with Crippen LogP contribution in [0.1, 0.15) is 49.2 Å². The van der Waals surface area contributed by atoms with Gasteiger partial charge in [0.05, 0.1) is 17.8 Å². The first kappa shape index (κ1) is 17.9. The Labute approximate surface area is 142 Å². The molecule has 0 spiro atoms. The Balaban J connectivity index is 1.89. The average molecular weight is 328 g/mol. The van der Waals surface area contributed by atoms with Crippen LogP contribution in [0.2, 0.25) is 0 Å². The largest absolute Gasteiger partial charge is 0.475 e. The van der Waals surface area contributed by atoms with Crippen LogP contribution in [0, 0.1) is 0 Å². The number of rotatable bonds is 7. The molecule has 2 atom stereocenters. The molecule has 24 heavy (non-hydrogen) atoms. The molecule has 0 radical (unpaired) electrons. The number of nitrogens with zero attached hydrogens (tertiary/aromatic N) is 1. The zero-order valence-electron chi connectivity index (χ0n) is 14.3. The summed E-state index contributed by atoms with van der Waals surface area (Å²) in [5, 5.41) is 13.1. The number of benzene rings is 1. The zero-order chi connectivity index (χ0) is 17.5. The van der Waals surface area contributed by atoms with Crippen molar-refractivity contribution in [1.82, 2.24) is 10.3 Å². The summed E-state index contributed by atoms with van der Waals surface area (Å²) in [5.41, 5.74) is 1.31. The molecule has 1 aromatic carbocycles. The Kier molecular flexibility index (Phi) is 6.32. The number of carbonyl (C=O) groups excluding carboxylic acids is 1. The van der Waals surface area contributed by atoms with Crippen molar-refractivity contribution in [3.05, 3.63) is 59.8 Å². The highest BCUT2D eigenvalue weighted by molar-refractivity contribution is 5.94. The van der Waals surface area contributed by atoms with Gasteiger partial charge in [-0.1, -0.05) is 30.3 Å². The number of ether oxygens (including phenoxy) is 1. The van der Waals surface area contributed by atoms with Crippen molar-refractivity contribution >= 4 is 5.91 Å². The zero-order valence-corrected chi connectivity index (χ0v) is 14.3. The number of pyridine rings is 1. The van der Waals surface area contributed by atoms with E-state index in [-0.39, 0.29) is 18.1 Å². The van der Waals surface area contributed by atoms with Crippen molar-refractivity contribution < 1.29 is 14.6 Å². The molecule has 5 nitrogen and oxygen atoms in total. The predicted octanol–water partition coefficient (Wildman–Crippen LogP) is 3.11. The van der Waals surface area contributed by atoms with Crippen molar-refractivity contribution in [2.75, 3.05) is 0 Å². The van der Waals surface area contributed by atoms with Crippen molar-refractivity contribution in [2.45, 2.75) is 45.4 Å². The van der Waals surface area contributed by atoms with E-state index in [1.54, 1.807) is 12.1 Å². The second-order valence-electron chi connectivity index (χ2n) is 6.09. The van der Waals surface area contributed by atoms with Crippen molar-refractivity contribution in [3.8, 4) is 5.88 Å². The van der Waals surface area contributed by atoms with Gasteiger partial charge in [0, 0.05) is 18.3 Å². The Morgan fingerprint density at radius 1 is 1.17 bits per heavy atom. The summed E-state index contributed by atoms with van der Waals surface area (Å²) in [5.74, 6) is 0.278. The van der Waals surface area contributed by atoms with Crippen molar-refractivity contribution in [1.29, 1.82) is 0 Å². The fraction of sp³-hybridized carbons (Fsp3) is 0.368. The molecule has 0 saturated carbocycles. The maximum atomic E-state index is 12.2. The van der Waals surface area contributed by atoms with Gasteiger partial charge < -0.3 is 15.2 Å². The third-order valence-electron chi connectivity index (χ3n) is 3.49. The lowest BCUT2D eigenvalue weighted by Gasteiger charge is -2.18. The molecule has 0 aliphatic heterocycles. The van der Waals surface area contributed by atoms with Crippen molar-refractivity contribution in [3.63, 3.8) is 0 Å². The molecule has 2 rings (SSSR count). The number of aliphatic hydroxyl groups excluding tert-OH is 1. The smallest absolute Gasteiger partial charge is 0.253 e. The highest BCUT2D eigenvalue weighted by Crippen LogP contribution is 2.18. The summed E-state index contributed by atoms with van der Waals surface area (Å²) in [6, 6.07) is 12.6. The first-order valence-electron chi connectivity index (χ1n) is 8.12.